The van der Waals surface area contributed by atoms with E-state index >= 15 is 0 Å². The number of rotatable bonds is 7. The number of nitrogens with zero attached hydrogens (tertiary/aromatic N) is 1. The summed E-state index contributed by atoms with van der Waals surface area (Å²) in [5.74, 6) is 1.47. The van der Waals surface area contributed by atoms with Gasteiger partial charge in [0.05, 0.1) is 0 Å². The van der Waals surface area contributed by atoms with Crippen molar-refractivity contribution in [1.29, 1.82) is 0 Å². The summed E-state index contributed by atoms with van der Waals surface area (Å²) in [6.07, 6.45) is 1.22. The highest BCUT2D eigenvalue weighted by Gasteiger charge is 2.12. The van der Waals surface area contributed by atoms with Crippen molar-refractivity contribution < 1.29 is 0 Å². The highest BCUT2D eigenvalue weighted by Crippen LogP contribution is 2.18. The summed E-state index contributed by atoms with van der Waals surface area (Å²) in [6.45, 7) is 7.91. The van der Waals surface area contributed by atoms with Gasteiger partial charge in [-0.05, 0) is 30.8 Å². The lowest BCUT2D eigenvalue weighted by Crippen LogP contribution is -2.30. The van der Waals surface area contributed by atoms with Gasteiger partial charge >= 0.3 is 0 Å². The molecule has 1 nitrogen and oxygen atoms in total. The fourth-order valence-corrected chi connectivity index (χ4v) is 2.33. The predicted octanol–water partition coefficient (Wildman–Crippen LogP) is 3.43. The fourth-order valence-electron chi connectivity index (χ4n) is 2.00. The molecule has 90 valence electrons. The Morgan fingerprint density at radius 3 is 2.38 bits per heavy atom. The van der Waals surface area contributed by atoms with Gasteiger partial charge in [0.25, 0.3) is 0 Å². The van der Waals surface area contributed by atoms with Crippen molar-refractivity contribution in [3.05, 3.63) is 35.9 Å². The van der Waals surface area contributed by atoms with E-state index in [9.17, 15) is 0 Å². The Kier molecular flexibility index (Phi) is 6.58. The van der Waals surface area contributed by atoms with Gasteiger partial charge in [0.15, 0.2) is 0 Å². The number of benzene rings is 1. The summed E-state index contributed by atoms with van der Waals surface area (Å²) in [5.41, 5.74) is 1.41. The van der Waals surface area contributed by atoms with E-state index in [0.29, 0.717) is 5.92 Å². The molecule has 0 saturated heterocycles. The third kappa shape index (κ3) is 4.18. The van der Waals surface area contributed by atoms with Gasteiger partial charge in [0.2, 0.25) is 0 Å². The van der Waals surface area contributed by atoms with Gasteiger partial charge in [-0.2, -0.15) is 12.6 Å². The number of hydrogen-bond donors (Lipinski definition) is 1. The van der Waals surface area contributed by atoms with E-state index in [1.54, 1.807) is 0 Å². The number of thiol groups is 1. The fraction of sp³-hybridized carbons (Fsp3) is 0.571. The lowest BCUT2D eigenvalue weighted by molar-refractivity contribution is 0.276. The summed E-state index contributed by atoms with van der Waals surface area (Å²) in [7, 11) is 0. The molecule has 0 aliphatic heterocycles. The second-order valence-corrected chi connectivity index (χ2v) is 4.55. The summed E-state index contributed by atoms with van der Waals surface area (Å²) < 4.78 is 0. The zero-order valence-corrected chi connectivity index (χ0v) is 11.3. The SMILES string of the molecule is CCCN(CC)CC(CS)c1ccccc1. The number of likely N-dealkylation sites (N-methyl/N-ethyl adjacent to an activating group) is 1. The molecule has 0 aliphatic carbocycles. The van der Waals surface area contributed by atoms with Crippen LogP contribution in [0.25, 0.3) is 0 Å². The quantitative estimate of drug-likeness (QED) is 0.711. The molecule has 0 radical (unpaired) electrons. The smallest absolute Gasteiger partial charge is 0.00580 e. The van der Waals surface area contributed by atoms with Crippen molar-refractivity contribution in [2.45, 2.75) is 26.2 Å². The Morgan fingerprint density at radius 1 is 1.19 bits per heavy atom. The van der Waals surface area contributed by atoms with Crippen LogP contribution in [0, 0.1) is 0 Å². The Morgan fingerprint density at radius 2 is 1.88 bits per heavy atom. The molecule has 0 spiro atoms. The first-order chi connectivity index (χ1) is 7.81. The molecule has 0 saturated carbocycles. The molecule has 1 aromatic carbocycles. The van der Waals surface area contributed by atoms with Crippen molar-refractivity contribution in [1.82, 2.24) is 4.90 Å². The van der Waals surface area contributed by atoms with Crippen molar-refractivity contribution in [3.8, 4) is 0 Å². The molecular formula is C14H23NS. The van der Waals surface area contributed by atoms with Gasteiger partial charge in [-0.15, -0.1) is 0 Å². The van der Waals surface area contributed by atoms with Crippen LogP contribution in [-0.4, -0.2) is 30.3 Å². The summed E-state index contributed by atoms with van der Waals surface area (Å²) in [6, 6.07) is 10.7. The third-order valence-corrected chi connectivity index (χ3v) is 3.40. The molecular weight excluding hydrogens is 214 g/mol. The molecule has 1 aromatic rings. The first-order valence-electron chi connectivity index (χ1n) is 6.19. The lowest BCUT2D eigenvalue weighted by Gasteiger charge is -2.25. The molecule has 1 rings (SSSR count). The zero-order chi connectivity index (χ0) is 11.8. The first-order valence-corrected chi connectivity index (χ1v) is 6.83. The monoisotopic (exact) mass is 237 g/mol. The van der Waals surface area contributed by atoms with Crippen molar-refractivity contribution in [2.75, 3.05) is 25.4 Å². The van der Waals surface area contributed by atoms with Crippen molar-refractivity contribution >= 4 is 12.6 Å². The second kappa shape index (κ2) is 7.75. The average Bonchev–Trinajstić information content (AvgIpc) is 2.35. The first kappa shape index (κ1) is 13.6. The van der Waals surface area contributed by atoms with Gasteiger partial charge in [-0.25, -0.2) is 0 Å². The molecule has 0 N–H and O–H groups in total. The molecule has 1 atom stereocenters. The van der Waals surface area contributed by atoms with Crippen LogP contribution in [0.2, 0.25) is 0 Å². The Balaban J connectivity index is 2.61. The van der Waals surface area contributed by atoms with E-state index < -0.39 is 0 Å². The molecule has 16 heavy (non-hydrogen) atoms. The average molecular weight is 237 g/mol. The minimum atomic E-state index is 0.552. The van der Waals surface area contributed by atoms with E-state index in [4.69, 9.17) is 0 Å². The molecule has 0 aliphatic rings. The zero-order valence-electron chi connectivity index (χ0n) is 10.4. The van der Waals surface area contributed by atoms with Crippen LogP contribution in [0.3, 0.4) is 0 Å². The minimum absolute atomic E-state index is 0.552. The maximum Gasteiger partial charge on any atom is 0.00580 e. The van der Waals surface area contributed by atoms with Gasteiger partial charge in [0.1, 0.15) is 0 Å². The highest BCUT2D eigenvalue weighted by atomic mass is 32.1. The molecule has 0 heterocycles. The largest absolute Gasteiger partial charge is 0.303 e. The van der Waals surface area contributed by atoms with Crippen LogP contribution < -0.4 is 0 Å². The Bertz CT molecular complexity index is 273. The Labute approximate surface area is 105 Å². The van der Waals surface area contributed by atoms with Gasteiger partial charge in [-0.1, -0.05) is 44.2 Å². The van der Waals surface area contributed by atoms with Gasteiger partial charge < -0.3 is 4.90 Å². The normalized spacial score (nSPS) is 13.0. The van der Waals surface area contributed by atoms with Crippen LogP contribution in [0.4, 0.5) is 0 Å². The van der Waals surface area contributed by atoms with E-state index in [1.807, 2.05) is 0 Å². The molecule has 2 heteroatoms. The Hall–Kier alpha value is -0.470. The summed E-state index contributed by atoms with van der Waals surface area (Å²) in [4.78, 5) is 2.51. The highest BCUT2D eigenvalue weighted by molar-refractivity contribution is 7.80. The molecule has 1 unspecified atom stereocenters. The van der Waals surface area contributed by atoms with Gasteiger partial charge in [0, 0.05) is 12.5 Å². The molecule has 0 aromatic heterocycles. The van der Waals surface area contributed by atoms with Crippen LogP contribution in [0.15, 0.2) is 30.3 Å². The van der Waals surface area contributed by atoms with Crippen LogP contribution in [0.5, 0.6) is 0 Å². The van der Waals surface area contributed by atoms with E-state index in [2.05, 4.69) is 61.7 Å². The van der Waals surface area contributed by atoms with E-state index in [-0.39, 0.29) is 0 Å². The van der Waals surface area contributed by atoms with Gasteiger partial charge in [-0.3, -0.25) is 0 Å². The second-order valence-electron chi connectivity index (χ2n) is 4.18. The third-order valence-electron chi connectivity index (χ3n) is 2.96. The molecule has 0 fully saturated rings. The summed E-state index contributed by atoms with van der Waals surface area (Å²) >= 11 is 4.48. The maximum atomic E-state index is 4.48. The van der Waals surface area contributed by atoms with Crippen molar-refractivity contribution in [3.63, 3.8) is 0 Å². The molecule has 0 bridgehead atoms. The van der Waals surface area contributed by atoms with Crippen LogP contribution >= 0.6 is 12.6 Å². The summed E-state index contributed by atoms with van der Waals surface area (Å²) in [5, 5.41) is 0. The maximum absolute atomic E-state index is 4.48. The van der Waals surface area contributed by atoms with Crippen LogP contribution in [-0.2, 0) is 0 Å². The molecule has 0 amide bonds. The van der Waals surface area contributed by atoms with Crippen LogP contribution in [0.1, 0.15) is 31.7 Å². The van der Waals surface area contributed by atoms with E-state index in [0.717, 1.165) is 18.8 Å². The lowest BCUT2D eigenvalue weighted by atomic mass is 10.0. The topological polar surface area (TPSA) is 3.24 Å². The van der Waals surface area contributed by atoms with E-state index in [1.165, 1.54) is 18.5 Å². The predicted molar refractivity (Wildman–Crippen MR) is 75.4 cm³/mol. The standard InChI is InChI=1S/C14H23NS/c1-3-10-15(4-2)11-14(12-16)13-8-6-5-7-9-13/h5-9,14,16H,3-4,10-12H2,1-2H3. The van der Waals surface area contributed by atoms with Crippen molar-refractivity contribution in [2.24, 2.45) is 0 Å². The minimum Gasteiger partial charge on any atom is -0.303 e. The number of hydrogen-bond acceptors (Lipinski definition) is 2.